The molecule has 3 amide bonds. The molecule has 0 aliphatic heterocycles. The molecule has 39 heavy (non-hydrogen) atoms. The first-order valence-corrected chi connectivity index (χ1v) is 13.0. The number of hydrogen-bond donors (Lipinski definition) is 2. The summed E-state index contributed by atoms with van der Waals surface area (Å²) in [6, 6.07) is 18.1. The van der Waals surface area contributed by atoms with E-state index in [9.17, 15) is 14.4 Å². The molecule has 1 unspecified atom stereocenters. The van der Waals surface area contributed by atoms with E-state index in [1.807, 2.05) is 19.1 Å². The highest BCUT2D eigenvalue weighted by Crippen LogP contribution is 2.35. The summed E-state index contributed by atoms with van der Waals surface area (Å²) in [5.41, 5.74) is 1.98. The largest absolute Gasteiger partial charge is 0.493 e. The summed E-state index contributed by atoms with van der Waals surface area (Å²) in [4.78, 5) is 42.0. The van der Waals surface area contributed by atoms with Gasteiger partial charge >= 0.3 is 0 Å². The number of amides is 3. The molecule has 2 aromatic carbocycles. The van der Waals surface area contributed by atoms with Crippen LogP contribution in [0.15, 0.2) is 82.8 Å². The molecule has 0 bridgehead atoms. The summed E-state index contributed by atoms with van der Waals surface area (Å²) in [5.74, 6) is 0.120. The molecule has 2 aromatic heterocycles. The molecule has 4 rings (SSSR count). The monoisotopic (exact) mass is 547 g/mol. The molecular weight excluding hydrogens is 518 g/mol. The predicted octanol–water partition coefficient (Wildman–Crippen LogP) is 4.49. The molecule has 0 radical (unpaired) electrons. The van der Waals surface area contributed by atoms with E-state index in [1.54, 1.807) is 60.0 Å². The van der Waals surface area contributed by atoms with E-state index < -0.39 is 17.9 Å². The van der Waals surface area contributed by atoms with Crippen molar-refractivity contribution in [3.8, 4) is 11.5 Å². The number of carbonyl (C=O) groups excluding carboxylic acids is 3. The van der Waals surface area contributed by atoms with Crippen LogP contribution in [0.3, 0.4) is 0 Å². The number of anilines is 1. The molecule has 0 aliphatic carbocycles. The van der Waals surface area contributed by atoms with Crippen molar-refractivity contribution in [1.82, 2.24) is 10.6 Å². The van der Waals surface area contributed by atoms with Crippen molar-refractivity contribution in [2.75, 3.05) is 25.7 Å². The normalized spacial score (nSPS) is 11.4. The topological polar surface area (TPSA) is 110 Å². The van der Waals surface area contributed by atoms with Gasteiger partial charge in [0.15, 0.2) is 11.5 Å². The number of rotatable bonds is 11. The second-order valence-electron chi connectivity index (χ2n) is 8.57. The molecule has 9 nitrogen and oxygen atoms in total. The predicted molar refractivity (Wildman–Crippen MR) is 148 cm³/mol. The van der Waals surface area contributed by atoms with Crippen molar-refractivity contribution in [1.29, 1.82) is 0 Å². The molecule has 202 valence electrons. The fourth-order valence-electron chi connectivity index (χ4n) is 4.00. The Hall–Kier alpha value is -4.57. The number of carbonyl (C=O) groups is 3. The lowest BCUT2D eigenvalue weighted by atomic mass is 10.0. The second-order valence-corrected chi connectivity index (χ2v) is 9.52. The minimum Gasteiger partial charge on any atom is -0.493 e. The Kier molecular flexibility index (Phi) is 9.01. The van der Waals surface area contributed by atoms with Gasteiger partial charge in [-0.05, 0) is 48.2 Å². The highest BCUT2D eigenvalue weighted by atomic mass is 32.1. The zero-order valence-corrected chi connectivity index (χ0v) is 22.6. The first-order valence-electron chi connectivity index (χ1n) is 12.1. The number of thiophene rings is 1. The number of nitrogens with zero attached hydrogens (tertiary/aromatic N) is 1. The summed E-state index contributed by atoms with van der Waals surface area (Å²) >= 11 is 1.27. The van der Waals surface area contributed by atoms with Crippen LogP contribution in [0, 0.1) is 6.92 Å². The van der Waals surface area contributed by atoms with Crippen LogP contribution in [0.5, 0.6) is 11.5 Å². The van der Waals surface area contributed by atoms with E-state index in [4.69, 9.17) is 13.9 Å². The first kappa shape index (κ1) is 27.5. The maximum Gasteiger partial charge on any atom is 0.261 e. The summed E-state index contributed by atoms with van der Waals surface area (Å²) in [5, 5.41) is 7.33. The van der Waals surface area contributed by atoms with Crippen molar-refractivity contribution in [3.63, 3.8) is 0 Å². The van der Waals surface area contributed by atoms with Crippen molar-refractivity contribution < 1.29 is 28.3 Å². The van der Waals surface area contributed by atoms with Gasteiger partial charge in [-0.1, -0.05) is 35.9 Å². The van der Waals surface area contributed by atoms with Crippen LogP contribution in [-0.4, -0.2) is 38.5 Å². The molecule has 2 heterocycles. The standard InChI is InChI=1S/C29H29N3O6S/c1-19-8-10-20(11-9-19)27(29(35)30-17-22-6-4-14-38-22)32(21-12-13-23(36-2)24(16-21)37-3)26(33)18-31-28(34)25-7-5-15-39-25/h4-16,27H,17-18H2,1-3H3,(H,30,35)(H,31,34). The van der Waals surface area contributed by atoms with Gasteiger partial charge in [0.2, 0.25) is 11.8 Å². The van der Waals surface area contributed by atoms with Crippen LogP contribution < -0.4 is 25.0 Å². The van der Waals surface area contributed by atoms with Crippen LogP contribution in [0.1, 0.15) is 32.6 Å². The number of methoxy groups -OCH3 is 2. The molecule has 0 saturated carbocycles. The molecule has 0 saturated heterocycles. The van der Waals surface area contributed by atoms with Gasteiger partial charge in [-0.3, -0.25) is 19.3 Å². The second kappa shape index (κ2) is 12.8. The van der Waals surface area contributed by atoms with E-state index >= 15 is 0 Å². The van der Waals surface area contributed by atoms with Gasteiger partial charge in [-0.15, -0.1) is 11.3 Å². The van der Waals surface area contributed by atoms with Gasteiger partial charge in [0.05, 0.1) is 38.4 Å². The van der Waals surface area contributed by atoms with Crippen LogP contribution in [-0.2, 0) is 16.1 Å². The highest BCUT2D eigenvalue weighted by molar-refractivity contribution is 7.12. The summed E-state index contributed by atoms with van der Waals surface area (Å²) in [7, 11) is 3.00. The molecule has 2 N–H and O–H groups in total. The number of aryl methyl sites for hydroxylation is 1. The molecule has 10 heteroatoms. The Bertz CT molecular complexity index is 1400. The third kappa shape index (κ3) is 6.66. The number of ether oxygens (including phenoxy) is 2. The van der Waals surface area contributed by atoms with E-state index in [1.165, 1.54) is 36.7 Å². The molecule has 0 fully saturated rings. The summed E-state index contributed by atoms with van der Waals surface area (Å²) < 4.78 is 16.2. The van der Waals surface area contributed by atoms with Crippen molar-refractivity contribution in [3.05, 3.63) is 100 Å². The summed E-state index contributed by atoms with van der Waals surface area (Å²) in [6.07, 6.45) is 1.52. The lowest BCUT2D eigenvalue weighted by Gasteiger charge is -2.32. The van der Waals surface area contributed by atoms with E-state index in [0.717, 1.165) is 5.56 Å². The molecule has 0 spiro atoms. The first-order chi connectivity index (χ1) is 18.9. The smallest absolute Gasteiger partial charge is 0.261 e. The Labute approximate surface area is 230 Å². The molecule has 1 atom stereocenters. The Balaban J connectivity index is 1.73. The Morgan fingerprint density at radius 1 is 0.949 bits per heavy atom. The van der Waals surface area contributed by atoms with Crippen LogP contribution in [0.2, 0.25) is 0 Å². The summed E-state index contributed by atoms with van der Waals surface area (Å²) in [6.45, 7) is 1.74. The lowest BCUT2D eigenvalue weighted by molar-refractivity contribution is -0.126. The van der Waals surface area contributed by atoms with E-state index in [-0.39, 0.29) is 19.0 Å². The average Bonchev–Trinajstić information content (AvgIpc) is 3.68. The highest BCUT2D eigenvalue weighted by Gasteiger charge is 2.33. The molecule has 0 aliphatic rings. The Morgan fingerprint density at radius 2 is 1.72 bits per heavy atom. The fraction of sp³-hybridized carbons (Fsp3) is 0.207. The number of nitrogens with one attached hydrogen (secondary N) is 2. The van der Waals surface area contributed by atoms with Crippen LogP contribution >= 0.6 is 11.3 Å². The van der Waals surface area contributed by atoms with Crippen LogP contribution in [0.4, 0.5) is 5.69 Å². The van der Waals surface area contributed by atoms with Gasteiger partial charge in [-0.2, -0.15) is 0 Å². The van der Waals surface area contributed by atoms with E-state index in [2.05, 4.69) is 10.6 Å². The van der Waals surface area contributed by atoms with Crippen molar-refractivity contribution in [2.24, 2.45) is 0 Å². The van der Waals surface area contributed by atoms with Crippen LogP contribution in [0.25, 0.3) is 0 Å². The lowest BCUT2D eigenvalue weighted by Crippen LogP contribution is -2.47. The molecular formula is C29H29N3O6S. The van der Waals surface area contributed by atoms with Gasteiger partial charge in [0.25, 0.3) is 5.91 Å². The number of furan rings is 1. The number of hydrogen-bond acceptors (Lipinski definition) is 7. The zero-order valence-electron chi connectivity index (χ0n) is 21.8. The Morgan fingerprint density at radius 3 is 2.36 bits per heavy atom. The average molecular weight is 548 g/mol. The fourth-order valence-corrected chi connectivity index (χ4v) is 4.64. The third-order valence-corrected chi connectivity index (χ3v) is 6.84. The minimum absolute atomic E-state index is 0.136. The van der Waals surface area contributed by atoms with Gasteiger partial charge < -0.3 is 24.5 Å². The van der Waals surface area contributed by atoms with E-state index in [0.29, 0.717) is 33.4 Å². The minimum atomic E-state index is -1.06. The maximum absolute atomic E-state index is 13.8. The number of benzene rings is 2. The quantitative estimate of drug-likeness (QED) is 0.286. The molecule has 4 aromatic rings. The SMILES string of the molecule is COc1ccc(N(C(=O)CNC(=O)c2cccs2)C(C(=O)NCc2ccco2)c2ccc(C)cc2)cc1OC. The van der Waals surface area contributed by atoms with Crippen molar-refractivity contribution in [2.45, 2.75) is 19.5 Å². The maximum atomic E-state index is 13.8. The van der Waals surface area contributed by atoms with Gasteiger partial charge in [0, 0.05) is 11.8 Å². The zero-order chi connectivity index (χ0) is 27.8. The van der Waals surface area contributed by atoms with Gasteiger partial charge in [-0.25, -0.2) is 0 Å². The third-order valence-electron chi connectivity index (χ3n) is 5.98. The van der Waals surface area contributed by atoms with Crippen molar-refractivity contribution >= 4 is 34.7 Å². The van der Waals surface area contributed by atoms with Gasteiger partial charge in [0.1, 0.15) is 11.8 Å².